The van der Waals surface area contributed by atoms with Gasteiger partial charge in [0.05, 0.1) is 19.1 Å². The molecule has 0 atom stereocenters. The van der Waals surface area contributed by atoms with Crippen LogP contribution < -0.4 is 9.47 Å². The number of nitrogens with zero attached hydrogens (tertiary/aromatic N) is 1. The van der Waals surface area contributed by atoms with E-state index in [1.807, 2.05) is 61.5 Å². The average Bonchev–Trinajstić information content (AvgIpc) is 2.72. The second kappa shape index (κ2) is 9.81. The standard InChI is InChI=1S/C24H23NO2S/c1-18-10-9-13-21(16-18)28-24(25-20-11-5-4-6-12-20)19(2)17-27-23-15-8-7-14-22(23)26-3/h4-17H,1-3H3/b19-17+,25-24?. The molecule has 0 N–H and O–H groups in total. The van der Waals surface area contributed by atoms with Gasteiger partial charge in [-0.3, -0.25) is 0 Å². The van der Waals surface area contributed by atoms with Gasteiger partial charge in [-0.15, -0.1) is 0 Å². The van der Waals surface area contributed by atoms with Gasteiger partial charge in [-0.1, -0.05) is 59.8 Å². The van der Waals surface area contributed by atoms with E-state index in [9.17, 15) is 0 Å². The first-order valence-electron chi connectivity index (χ1n) is 9.01. The summed E-state index contributed by atoms with van der Waals surface area (Å²) in [6.45, 7) is 4.09. The summed E-state index contributed by atoms with van der Waals surface area (Å²) in [6.07, 6.45) is 1.72. The Labute approximate surface area is 170 Å². The van der Waals surface area contributed by atoms with Gasteiger partial charge in [-0.25, -0.2) is 4.99 Å². The van der Waals surface area contributed by atoms with E-state index in [0.717, 1.165) is 21.2 Å². The van der Waals surface area contributed by atoms with Crippen molar-refractivity contribution < 1.29 is 9.47 Å². The predicted octanol–water partition coefficient (Wildman–Crippen LogP) is 6.81. The third kappa shape index (κ3) is 5.51. The molecule has 0 aromatic heterocycles. The normalized spacial score (nSPS) is 12.0. The summed E-state index contributed by atoms with van der Waals surface area (Å²) in [5.74, 6) is 1.36. The third-order valence-corrected chi connectivity index (χ3v) is 5.06. The molecule has 3 aromatic rings. The summed E-state index contributed by atoms with van der Waals surface area (Å²) in [4.78, 5) is 5.98. The highest BCUT2D eigenvalue weighted by Gasteiger charge is 2.09. The lowest BCUT2D eigenvalue weighted by Gasteiger charge is -2.10. The lowest BCUT2D eigenvalue weighted by molar-refractivity contribution is 0.377. The second-order valence-electron chi connectivity index (χ2n) is 6.24. The topological polar surface area (TPSA) is 30.8 Å². The number of aryl methyl sites for hydroxylation is 1. The highest BCUT2D eigenvalue weighted by Crippen LogP contribution is 2.29. The molecule has 0 aliphatic heterocycles. The molecule has 0 amide bonds. The molecule has 0 bridgehead atoms. The number of para-hydroxylation sites is 3. The van der Waals surface area contributed by atoms with E-state index < -0.39 is 0 Å². The van der Waals surface area contributed by atoms with Crippen LogP contribution in [0.1, 0.15) is 12.5 Å². The number of rotatable bonds is 6. The number of methoxy groups -OCH3 is 1. The van der Waals surface area contributed by atoms with Crippen LogP contribution in [-0.4, -0.2) is 12.2 Å². The molecule has 0 aliphatic carbocycles. The first-order valence-corrected chi connectivity index (χ1v) is 9.82. The van der Waals surface area contributed by atoms with Crippen LogP contribution in [0.3, 0.4) is 0 Å². The molecule has 3 rings (SSSR count). The summed E-state index contributed by atoms with van der Waals surface area (Å²) in [5, 5.41) is 0.881. The zero-order valence-corrected chi connectivity index (χ0v) is 17.1. The maximum absolute atomic E-state index is 5.89. The largest absolute Gasteiger partial charge is 0.493 e. The van der Waals surface area contributed by atoms with Crippen molar-refractivity contribution in [3.63, 3.8) is 0 Å². The minimum absolute atomic E-state index is 0.670. The summed E-state index contributed by atoms with van der Waals surface area (Å²) in [5.41, 5.74) is 3.06. The molecule has 3 nitrogen and oxygen atoms in total. The molecule has 0 radical (unpaired) electrons. The smallest absolute Gasteiger partial charge is 0.168 e. The fraction of sp³-hybridized carbons (Fsp3) is 0.125. The number of benzene rings is 3. The molecule has 0 aliphatic rings. The van der Waals surface area contributed by atoms with Crippen molar-refractivity contribution in [2.24, 2.45) is 4.99 Å². The molecule has 0 saturated carbocycles. The van der Waals surface area contributed by atoms with E-state index in [0.29, 0.717) is 11.5 Å². The zero-order valence-electron chi connectivity index (χ0n) is 16.3. The van der Waals surface area contributed by atoms with Gasteiger partial charge < -0.3 is 9.47 Å². The Morgan fingerprint density at radius 1 is 0.893 bits per heavy atom. The van der Waals surface area contributed by atoms with E-state index in [4.69, 9.17) is 14.5 Å². The molecule has 0 spiro atoms. The van der Waals surface area contributed by atoms with Gasteiger partial charge in [0.25, 0.3) is 0 Å². The van der Waals surface area contributed by atoms with Crippen molar-refractivity contribution in [1.82, 2.24) is 0 Å². The monoisotopic (exact) mass is 389 g/mol. The van der Waals surface area contributed by atoms with Crippen LogP contribution in [0.15, 0.2) is 101 Å². The van der Waals surface area contributed by atoms with Crippen molar-refractivity contribution >= 4 is 22.5 Å². The molecule has 0 saturated heterocycles. The van der Waals surface area contributed by atoms with E-state index in [1.54, 1.807) is 25.1 Å². The molecule has 0 fully saturated rings. The average molecular weight is 390 g/mol. The second-order valence-corrected chi connectivity index (χ2v) is 7.30. The van der Waals surface area contributed by atoms with Gasteiger partial charge in [-0.05, 0) is 50.2 Å². The Kier molecular flexibility index (Phi) is 6.93. The van der Waals surface area contributed by atoms with E-state index in [-0.39, 0.29) is 0 Å². The van der Waals surface area contributed by atoms with Gasteiger partial charge in [-0.2, -0.15) is 0 Å². The highest BCUT2D eigenvalue weighted by molar-refractivity contribution is 8.14. The van der Waals surface area contributed by atoms with Crippen LogP contribution in [0.4, 0.5) is 5.69 Å². The minimum Gasteiger partial charge on any atom is -0.493 e. The minimum atomic E-state index is 0.670. The summed E-state index contributed by atoms with van der Waals surface area (Å²) < 4.78 is 11.2. The third-order valence-electron chi connectivity index (χ3n) is 3.96. The molecule has 4 heteroatoms. The molecule has 142 valence electrons. The molecule has 28 heavy (non-hydrogen) atoms. The number of aliphatic imine (C=N–C) groups is 1. The fourth-order valence-electron chi connectivity index (χ4n) is 2.52. The van der Waals surface area contributed by atoms with Crippen molar-refractivity contribution in [2.45, 2.75) is 18.7 Å². The Morgan fingerprint density at radius 2 is 1.61 bits per heavy atom. The fourth-order valence-corrected chi connectivity index (χ4v) is 3.50. The van der Waals surface area contributed by atoms with Crippen LogP contribution in [0.5, 0.6) is 11.5 Å². The van der Waals surface area contributed by atoms with Crippen LogP contribution >= 0.6 is 11.8 Å². The maximum atomic E-state index is 5.89. The molecule has 3 aromatic carbocycles. The number of thioether (sulfide) groups is 1. The van der Waals surface area contributed by atoms with Gasteiger partial charge in [0.2, 0.25) is 0 Å². The Hall–Kier alpha value is -2.98. The number of ether oxygens (including phenoxy) is 2. The van der Waals surface area contributed by atoms with Gasteiger partial charge in [0, 0.05) is 10.5 Å². The lowest BCUT2D eigenvalue weighted by Crippen LogP contribution is -1.98. The van der Waals surface area contributed by atoms with Crippen LogP contribution in [0, 0.1) is 6.92 Å². The number of hydrogen-bond acceptors (Lipinski definition) is 4. The lowest BCUT2D eigenvalue weighted by atomic mass is 10.2. The van der Waals surface area contributed by atoms with E-state index >= 15 is 0 Å². The molecular formula is C24H23NO2S. The van der Waals surface area contributed by atoms with E-state index in [1.165, 1.54) is 5.56 Å². The van der Waals surface area contributed by atoms with Crippen LogP contribution in [0.2, 0.25) is 0 Å². The first kappa shape index (κ1) is 19.8. The predicted molar refractivity (Wildman–Crippen MR) is 118 cm³/mol. The SMILES string of the molecule is COc1ccccc1O/C=C(\C)C(=Nc1ccccc1)Sc1cccc(C)c1. The molecule has 0 unspecified atom stereocenters. The first-order chi connectivity index (χ1) is 13.7. The maximum Gasteiger partial charge on any atom is 0.168 e. The number of hydrogen-bond donors (Lipinski definition) is 0. The van der Waals surface area contributed by atoms with Crippen molar-refractivity contribution in [1.29, 1.82) is 0 Å². The molecular weight excluding hydrogens is 366 g/mol. The highest BCUT2D eigenvalue weighted by atomic mass is 32.2. The van der Waals surface area contributed by atoms with Gasteiger partial charge in [0.1, 0.15) is 5.04 Å². The quantitative estimate of drug-likeness (QED) is 0.201. The Bertz CT molecular complexity index is 981. The van der Waals surface area contributed by atoms with Crippen molar-refractivity contribution in [3.8, 4) is 11.5 Å². The Balaban J connectivity index is 1.90. The van der Waals surface area contributed by atoms with Crippen LogP contribution in [-0.2, 0) is 0 Å². The summed E-state index contributed by atoms with van der Waals surface area (Å²) in [6, 6.07) is 25.9. The zero-order chi connectivity index (χ0) is 19.8. The van der Waals surface area contributed by atoms with Crippen molar-refractivity contribution in [2.75, 3.05) is 7.11 Å². The van der Waals surface area contributed by atoms with Gasteiger partial charge >= 0.3 is 0 Å². The molecule has 0 heterocycles. The van der Waals surface area contributed by atoms with Gasteiger partial charge in [0.15, 0.2) is 11.5 Å². The Morgan fingerprint density at radius 3 is 2.32 bits per heavy atom. The van der Waals surface area contributed by atoms with Crippen molar-refractivity contribution in [3.05, 3.63) is 96.3 Å². The van der Waals surface area contributed by atoms with Crippen LogP contribution in [0.25, 0.3) is 0 Å². The summed E-state index contributed by atoms with van der Waals surface area (Å²) >= 11 is 1.62. The van der Waals surface area contributed by atoms with E-state index in [2.05, 4.69) is 31.2 Å². The summed E-state index contributed by atoms with van der Waals surface area (Å²) in [7, 11) is 1.63.